The molecule has 0 aliphatic carbocycles. The maximum absolute atomic E-state index is 12.1. The van der Waals surface area contributed by atoms with E-state index in [9.17, 15) is 9.90 Å². The zero-order chi connectivity index (χ0) is 15.4. The van der Waals surface area contributed by atoms with E-state index in [0.717, 1.165) is 9.88 Å². The van der Waals surface area contributed by atoms with Gasteiger partial charge in [-0.3, -0.25) is 4.79 Å². The molecule has 0 bridgehead atoms. The van der Waals surface area contributed by atoms with Gasteiger partial charge >= 0.3 is 0 Å². The number of nitrogens with one attached hydrogen (secondary N) is 1. The quantitative estimate of drug-likeness (QED) is 0.843. The topological polar surface area (TPSA) is 71.5 Å². The summed E-state index contributed by atoms with van der Waals surface area (Å²) in [4.78, 5) is 18.0. The molecule has 0 aliphatic rings. The largest absolute Gasteiger partial charge is 0.389 e. The summed E-state index contributed by atoms with van der Waals surface area (Å²) in [6.07, 6.45) is -0.720. The van der Waals surface area contributed by atoms with E-state index in [0.29, 0.717) is 14.9 Å². The number of hydrogen-bond acceptors (Lipinski definition) is 6. The minimum absolute atomic E-state index is 0.143. The molecule has 0 fully saturated rings. The summed E-state index contributed by atoms with van der Waals surface area (Å²) in [5, 5.41) is 13.0. The number of aliphatic hydroxyl groups is 1. The Morgan fingerprint density at radius 1 is 1.52 bits per heavy atom. The molecule has 2 aromatic rings. The maximum atomic E-state index is 12.1. The van der Waals surface area contributed by atoms with Gasteiger partial charge in [-0.05, 0) is 19.1 Å². The van der Waals surface area contributed by atoms with Gasteiger partial charge in [0.2, 0.25) is 0 Å². The lowest BCUT2D eigenvalue weighted by molar-refractivity contribution is 0.0610. The normalized spacial score (nSPS) is 12.4. The Hall–Kier alpha value is -0.990. The van der Waals surface area contributed by atoms with Crippen molar-refractivity contribution in [1.29, 1.82) is 0 Å². The number of halogens is 1. The van der Waals surface area contributed by atoms with Crippen molar-refractivity contribution in [2.24, 2.45) is 0 Å². The highest BCUT2D eigenvalue weighted by atomic mass is 35.5. The Morgan fingerprint density at radius 2 is 2.29 bits per heavy atom. The number of hydrogen-bond donors (Lipinski definition) is 2. The smallest absolute Gasteiger partial charge is 0.263 e. The van der Waals surface area contributed by atoms with Crippen LogP contribution in [0.2, 0.25) is 4.34 Å². The first kappa shape index (κ1) is 16.4. The van der Waals surface area contributed by atoms with E-state index >= 15 is 0 Å². The third-order valence-corrected chi connectivity index (χ3v) is 5.20. The molecule has 2 rings (SSSR count). The van der Waals surface area contributed by atoms with Crippen LogP contribution in [0.4, 0.5) is 0 Å². The summed E-state index contributed by atoms with van der Waals surface area (Å²) in [5.41, 5.74) is 0.665. The molecule has 0 saturated heterocycles. The Labute approximate surface area is 135 Å². The lowest BCUT2D eigenvalue weighted by Crippen LogP contribution is -2.34. The summed E-state index contributed by atoms with van der Waals surface area (Å²) in [6, 6.07) is 3.69. The molecule has 2 aromatic heterocycles. The fraction of sp³-hybridized carbons (Fsp3) is 0.385. The van der Waals surface area contributed by atoms with Crippen LogP contribution in [-0.4, -0.2) is 42.4 Å². The van der Waals surface area contributed by atoms with Crippen LogP contribution in [0.3, 0.4) is 0 Å². The second-order valence-electron chi connectivity index (χ2n) is 4.36. The predicted molar refractivity (Wildman–Crippen MR) is 85.4 cm³/mol. The molecule has 0 aliphatic heterocycles. The highest BCUT2D eigenvalue weighted by Gasteiger charge is 2.17. The fourth-order valence-electron chi connectivity index (χ4n) is 1.68. The summed E-state index contributed by atoms with van der Waals surface area (Å²) in [5.74, 6) is -0.242. The Balaban J connectivity index is 2.06. The number of carbonyl (C=O) groups is 1. The van der Waals surface area contributed by atoms with Crippen molar-refractivity contribution in [3.63, 3.8) is 0 Å². The monoisotopic (exact) mass is 346 g/mol. The summed E-state index contributed by atoms with van der Waals surface area (Å²) in [6.45, 7) is 2.11. The molecule has 8 heteroatoms. The van der Waals surface area contributed by atoms with Gasteiger partial charge in [0.15, 0.2) is 0 Å². The van der Waals surface area contributed by atoms with Crippen molar-refractivity contribution >= 4 is 40.2 Å². The molecule has 114 valence electrons. The van der Waals surface area contributed by atoms with Crippen LogP contribution in [-0.2, 0) is 4.74 Å². The molecule has 5 nitrogen and oxygen atoms in total. The van der Waals surface area contributed by atoms with Crippen molar-refractivity contribution < 1.29 is 14.6 Å². The maximum Gasteiger partial charge on any atom is 0.263 e. The predicted octanol–water partition coefficient (Wildman–Crippen LogP) is 2.57. The standard InChI is InChI=1S/C13H15ClN2O3S2/c1-7-11(12(18)15-5-8(17)6-19-2)21-13(16-7)9-3-4-10(14)20-9/h3-4,8,17H,5-6H2,1-2H3,(H,15,18). The van der Waals surface area contributed by atoms with Gasteiger partial charge < -0.3 is 15.2 Å². The molecule has 2 N–H and O–H groups in total. The van der Waals surface area contributed by atoms with Crippen molar-refractivity contribution in [2.45, 2.75) is 13.0 Å². The van der Waals surface area contributed by atoms with Crippen molar-refractivity contribution in [1.82, 2.24) is 10.3 Å². The van der Waals surface area contributed by atoms with Gasteiger partial charge in [-0.2, -0.15) is 0 Å². The van der Waals surface area contributed by atoms with E-state index in [4.69, 9.17) is 16.3 Å². The molecule has 2 heterocycles. The number of aliphatic hydroxyl groups excluding tert-OH is 1. The zero-order valence-electron chi connectivity index (χ0n) is 11.6. The minimum atomic E-state index is -0.720. The van der Waals surface area contributed by atoms with Gasteiger partial charge in [-0.25, -0.2) is 4.98 Å². The molecule has 0 saturated carbocycles. The molecule has 1 amide bonds. The van der Waals surface area contributed by atoms with Crippen LogP contribution < -0.4 is 5.32 Å². The van der Waals surface area contributed by atoms with Crippen molar-refractivity contribution in [3.8, 4) is 9.88 Å². The lowest BCUT2D eigenvalue weighted by Gasteiger charge is -2.09. The van der Waals surface area contributed by atoms with Gasteiger partial charge in [0.1, 0.15) is 9.88 Å². The van der Waals surface area contributed by atoms with Crippen molar-refractivity contribution in [3.05, 3.63) is 27.0 Å². The van der Waals surface area contributed by atoms with E-state index in [2.05, 4.69) is 10.3 Å². The number of nitrogens with zero attached hydrogens (tertiary/aromatic N) is 1. The molecule has 1 atom stereocenters. The second kappa shape index (κ2) is 7.33. The number of thiazole rings is 1. The zero-order valence-corrected chi connectivity index (χ0v) is 13.9. The van der Waals surface area contributed by atoms with Crippen molar-refractivity contribution in [2.75, 3.05) is 20.3 Å². The summed E-state index contributed by atoms with van der Waals surface area (Å²) >= 11 is 8.65. The first-order chi connectivity index (χ1) is 10.0. The fourth-order valence-corrected chi connectivity index (χ4v) is 3.76. The first-order valence-electron chi connectivity index (χ1n) is 6.19. The number of aryl methyl sites for hydroxylation is 1. The number of methoxy groups -OCH3 is 1. The average Bonchev–Trinajstić information content (AvgIpc) is 3.02. The van der Waals surface area contributed by atoms with Crippen LogP contribution >= 0.6 is 34.3 Å². The third-order valence-electron chi connectivity index (χ3n) is 2.64. The highest BCUT2D eigenvalue weighted by Crippen LogP contribution is 2.34. The van der Waals surface area contributed by atoms with Gasteiger partial charge in [0.25, 0.3) is 5.91 Å². The van der Waals surface area contributed by atoms with Gasteiger partial charge in [0, 0.05) is 13.7 Å². The van der Waals surface area contributed by atoms with Gasteiger partial charge in [-0.15, -0.1) is 22.7 Å². The Bertz CT molecular complexity index is 627. The number of ether oxygens (including phenoxy) is 1. The van der Waals surface area contributed by atoms with E-state index in [1.165, 1.54) is 29.8 Å². The summed E-state index contributed by atoms with van der Waals surface area (Å²) in [7, 11) is 1.50. The van der Waals surface area contributed by atoms with Crippen LogP contribution in [0.5, 0.6) is 0 Å². The number of thiophene rings is 1. The number of aromatic nitrogens is 1. The van der Waals surface area contributed by atoms with Gasteiger partial charge in [0.05, 0.1) is 27.6 Å². The number of amides is 1. The van der Waals surface area contributed by atoms with Crippen LogP contribution in [0.1, 0.15) is 15.4 Å². The van der Waals surface area contributed by atoms with Gasteiger partial charge in [-0.1, -0.05) is 11.6 Å². The second-order valence-corrected chi connectivity index (χ2v) is 7.07. The molecule has 21 heavy (non-hydrogen) atoms. The first-order valence-corrected chi connectivity index (χ1v) is 8.20. The highest BCUT2D eigenvalue weighted by molar-refractivity contribution is 7.24. The van der Waals surface area contributed by atoms with Crippen LogP contribution in [0, 0.1) is 6.92 Å². The van der Waals surface area contributed by atoms with E-state index in [1.54, 1.807) is 13.0 Å². The third kappa shape index (κ3) is 4.24. The molecule has 0 aromatic carbocycles. The van der Waals surface area contributed by atoms with Crippen LogP contribution in [0.25, 0.3) is 9.88 Å². The Kier molecular flexibility index (Phi) is 5.72. The molecule has 1 unspecified atom stereocenters. The lowest BCUT2D eigenvalue weighted by atomic mass is 10.3. The van der Waals surface area contributed by atoms with E-state index in [1.807, 2.05) is 6.07 Å². The number of rotatable bonds is 6. The summed E-state index contributed by atoms with van der Waals surface area (Å²) < 4.78 is 5.49. The molecule has 0 radical (unpaired) electrons. The molecular formula is C13H15ClN2O3S2. The van der Waals surface area contributed by atoms with E-state index < -0.39 is 6.10 Å². The number of carbonyl (C=O) groups excluding carboxylic acids is 1. The SMILES string of the molecule is COCC(O)CNC(=O)c1sc(-c2ccc(Cl)s2)nc1C. The minimum Gasteiger partial charge on any atom is -0.389 e. The van der Waals surface area contributed by atoms with Crippen LogP contribution in [0.15, 0.2) is 12.1 Å². The molecule has 0 spiro atoms. The Morgan fingerprint density at radius 3 is 2.90 bits per heavy atom. The molecular weight excluding hydrogens is 332 g/mol. The van der Waals surface area contributed by atoms with E-state index in [-0.39, 0.29) is 19.1 Å². The average molecular weight is 347 g/mol.